The number of carboxylic acids is 1. The van der Waals surface area contributed by atoms with E-state index in [1.165, 1.54) is 9.80 Å². The third kappa shape index (κ3) is 5.13. The molecule has 0 saturated heterocycles. The Hall–Kier alpha value is -1.69. The van der Waals surface area contributed by atoms with Gasteiger partial charge in [-0.3, -0.25) is 4.79 Å². The summed E-state index contributed by atoms with van der Waals surface area (Å²) in [7, 11) is 1.59. The number of carboxylic acid groups (broad SMARTS) is 1. The third-order valence-electron chi connectivity index (χ3n) is 2.92. The van der Waals surface area contributed by atoms with Gasteiger partial charge in [-0.2, -0.15) is 0 Å². The van der Waals surface area contributed by atoms with Gasteiger partial charge in [0.2, 0.25) is 0 Å². The van der Waals surface area contributed by atoms with Crippen LogP contribution in [0.3, 0.4) is 0 Å². The molecule has 1 unspecified atom stereocenters. The highest BCUT2D eigenvalue weighted by Gasteiger charge is 2.16. The number of urea groups is 1. The lowest BCUT2D eigenvalue weighted by Gasteiger charge is -2.20. The highest BCUT2D eigenvalue weighted by atomic mass is 32.2. The van der Waals surface area contributed by atoms with E-state index in [-0.39, 0.29) is 12.6 Å². The number of hydrogen-bond acceptors (Lipinski definition) is 3. The Balaban J connectivity index is 2.43. The molecule has 5 nitrogen and oxygen atoms in total. The maximum Gasteiger partial charge on any atom is 0.317 e. The van der Waals surface area contributed by atoms with Crippen LogP contribution in [0, 0.1) is 5.92 Å². The second-order valence-corrected chi connectivity index (χ2v) is 5.51. The molecule has 1 atom stereocenters. The van der Waals surface area contributed by atoms with Crippen LogP contribution in [-0.2, 0) is 11.3 Å². The molecule has 0 aliphatic carbocycles. The van der Waals surface area contributed by atoms with Crippen LogP contribution in [0.2, 0.25) is 0 Å². The molecule has 1 rings (SSSR count). The van der Waals surface area contributed by atoms with Crippen molar-refractivity contribution in [3.05, 3.63) is 29.8 Å². The summed E-state index contributed by atoms with van der Waals surface area (Å²) < 4.78 is 0. The van der Waals surface area contributed by atoms with Crippen LogP contribution in [0.15, 0.2) is 29.2 Å². The number of aliphatic carboxylic acids is 1. The van der Waals surface area contributed by atoms with Crippen molar-refractivity contribution in [3.63, 3.8) is 0 Å². The first-order valence-electron chi connectivity index (χ1n) is 6.28. The van der Waals surface area contributed by atoms with E-state index in [2.05, 4.69) is 5.32 Å². The van der Waals surface area contributed by atoms with Crippen LogP contribution in [-0.4, -0.2) is 41.9 Å². The van der Waals surface area contributed by atoms with Crippen molar-refractivity contribution in [3.8, 4) is 0 Å². The molecule has 110 valence electrons. The fourth-order valence-electron chi connectivity index (χ4n) is 1.63. The first-order chi connectivity index (χ1) is 9.43. The Morgan fingerprint density at radius 3 is 2.45 bits per heavy atom. The average Bonchev–Trinajstić information content (AvgIpc) is 2.44. The van der Waals surface area contributed by atoms with Gasteiger partial charge in [0.15, 0.2) is 0 Å². The zero-order valence-corrected chi connectivity index (χ0v) is 12.7. The number of hydrogen-bond donors (Lipinski definition) is 2. The molecule has 0 saturated carbocycles. The first-order valence-corrected chi connectivity index (χ1v) is 7.51. The number of amides is 2. The molecule has 0 bridgehead atoms. The van der Waals surface area contributed by atoms with Crippen LogP contribution in [0.25, 0.3) is 0 Å². The van der Waals surface area contributed by atoms with Crippen LogP contribution < -0.4 is 5.32 Å². The Morgan fingerprint density at radius 2 is 1.95 bits per heavy atom. The minimum atomic E-state index is -0.905. The summed E-state index contributed by atoms with van der Waals surface area (Å²) >= 11 is 1.67. The molecule has 1 aromatic carbocycles. The molecule has 6 heteroatoms. The van der Waals surface area contributed by atoms with Crippen LogP contribution in [0.1, 0.15) is 12.5 Å². The van der Waals surface area contributed by atoms with Gasteiger partial charge in [0, 0.05) is 25.0 Å². The molecule has 0 fully saturated rings. The minimum Gasteiger partial charge on any atom is -0.481 e. The van der Waals surface area contributed by atoms with Crippen molar-refractivity contribution in [1.82, 2.24) is 10.2 Å². The smallest absolute Gasteiger partial charge is 0.317 e. The zero-order chi connectivity index (χ0) is 15.1. The maximum atomic E-state index is 11.8. The molecule has 20 heavy (non-hydrogen) atoms. The van der Waals surface area contributed by atoms with Gasteiger partial charge in [0.1, 0.15) is 0 Å². The van der Waals surface area contributed by atoms with E-state index in [9.17, 15) is 9.59 Å². The van der Waals surface area contributed by atoms with E-state index < -0.39 is 11.9 Å². The molecule has 0 aliphatic heterocycles. The highest BCUT2D eigenvalue weighted by Crippen LogP contribution is 2.14. The fraction of sp³-hybridized carbons (Fsp3) is 0.429. The van der Waals surface area contributed by atoms with Crippen molar-refractivity contribution in [2.24, 2.45) is 5.92 Å². The third-order valence-corrected chi connectivity index (χ3v) is 3.66. The Labute approximate surface area is 123 Å². The summed E-state index contributed by atoms with van der Waals surface area (Å²) in [6.07, 6.45) is 2.01. The molecule has 0 spiro atoms. The second kappa shape index (κ2) is 7.79. The number of nitrogens with zero attached hydrogens (tertiary/aromatic N) is 1. The topological polar surface area (TPSA) is 69.6 Å². The van der Waals surface area contributed by atoms with Gasteiger partial charge >= 0.3 is 12.0 Å². The summed E-state index contributed by atoms with van der Waals surface area (Å²) in [4.78, 5) is 25.1. The van der Waals surface area contributed by atoms with Crippen LogP contribution in [0.5, 0.6) is 0 Å². The van der Waals surface area contributed by atoms with Gasteiger partial charge in [-0.15, -0.1) is 11.8 Å². The van der Waals surface area contributed by atoms with Crippen molar-refractivity contribution in [2.45, 2.75) is 18.4 Å². The van der Waals surface area contributed by atoms with Crippen molar-refractivity contribution in [2.75, 3.05) is 19.8 Å². The van der Waals surface area contributed by atoms with Gasteiger partial charge < -0.3 is 15.3 Å². The molecular formula is C14H20N2O3S. The van der Waals surface area contributed by atoms with Gasteiger partial charge in [0.25, 0.3) is 0 Å². The largest absolute Gasteiger partial charge is 0.481 e. The number of thioether (sulfide) groups is 1. The van der Waals surface area contributed by atoms with E-state index in [1.54, 1.807) is 25.7 Å². The predicted octanol–water partition coefficient (Wildman–Crippen LogP) is 2.27. The molecule has 2 amide bonds. The lowest BCUT2D eigenvalue weighted by Crippen LogP contribution is -2.40. The number of carbonyl (C=O) groups excluding carboxylic acids is 1. The summed E-state index contributed by atoms with van der Waals surface area (Å²) in [5.41, 5.74) is 1.01. The zero-order valence-electron chi connectivity index (χ0n) is 11.9. The number of benzene rings is 1. The average molecular weight is 296 g/mol. The Bertz CT molecular complexity index is 462. The fourth-order valence-corrected chi connectivity index (χ4v) is 2.04. The number of nitrogens with one attached hydrogen (secondary N) is 1. The molecule has 0 heterocycles. The molecule has 0 radical (unpaired) electrons. The lowest BCUT2D eigenvalue weighted by atomic mass is 10.2. The van der Waals surface area contributed by atoms with Gasteiger partial charge in [-0.1, -0.05) is 19.1 Å². The van der Waals surface area contributed by atoms with Crippen molar-refractivity contribution in [1.29, 1.82) is 0 Å². The molecule has 2 N–H and O–H groups in total. The predicted molar refractivity (Wildman–Crippen MR) is 79.9 cm³/mol. The van der Waals surface area contributed by atoms with Crippen molar-refractivity contribution >= 4 is 23.8 Å². The standard InChI is InChI=1S/C14H20N2O3S/c1-10(13(17)18)9-16(2)14(19)15-8-11-4-6-12(20-3)7-5-11/h4-7,10H,8-9H2,1-3H3,(H,15,19)(H,17,18). The van der Waals surface area contributed by atoms with Gasteiger partial charge in [0.05, 0.1) is 5.92 Å². The summed E-state index contributed by atoms with van der Waals surface area (Å²) in [6.45, 7) is 2.19. The summed E-state index contributed by atoms with van der Waals surface area (Å²) in [6, 6.07) is 7.66. The van der Waals surface area contributed by atoms with Crippen LogP contribution in [0.4, 0.5) is 4.79 Å². The van der Waals surface area contributed by atoms with E-state index in [4.69, 9.17) is 5.11 Å². The normalized spacial score (nSPS) is 11.8. The van der Waals surface area contributed by atoms with Crippen LogP contribution >= 0.6 is 11.8 Å². The lowest BCUT2D eigenvalue weighted by molar-refractivity contribution is -0.141. The molecule has 0 aromatic heterocycles. The summed E-state index contributed by atoms with van der Waals surface area (Å²) in [5.74, 6) is -1.48. The quantitative estimate of drug-likeness (QED) is 0.790. The maximum absolute atomic E-state index is 11.8. The van der Waals surface area contributed by atoms with E-state index >= 15 is 0 Å². The van der Waals surface area contributed by atoms with Gasteiger partial charge in [-0.05, 0) is 24.0 Å². The SMILES string of the molecule is CSc1ccc(CNC(=O)N(C)CC(C)C(=O)O)cc1. The number of rotatable bonds is 6. The Kier molecular flexibility index (Phi) is 6.38. The molecule has 0 aliphatic rings. The van der Waals surface area contributed by atoms with E-state index in [0.29, 0.717) is 6.54 Å². The Morgan fingerprint density at radius 1 is 1.35 bits per heavy atom. The minimum absolute atomic E-state index is 0.187. The number of carbonyl (C=O) groups is 2. The first kappa shape index (κ1) is 16.4. The van der Waals surface area contributed by atoms with E-state index in [0.717, 1.165) is 5.56 Å². The summed E-state index contributed by atoms with van der Waals surface area (Å²) in [5, 5.41) is 11.6. The molecule has 1 aromatic rings. The van der Waals surface area contributed by atoms with Crippen molar-refractivity contribution < 1.29 is 14.7 Å². The van der Waals surface area contributed by atoms with Gasteiger partial charge in [-0.25, -0.2) is 4.79 Å². The molecular weight excluding hydrogens is 276 g/mol. The second-order valence-electron chi connectivity index (χ2n) is 4.63. The highest BCUT2D eigenvalue weighted by molar-refractivity contribution is 7.98. The monoisotopic (exact) mass is 296 g/mol. The van der Waals surface area contributed by atoms with E-state index in [1.807, 2.05) is 30.5 Å².